The number of hydrogen-bond acceptors (Lipinski definition) is 3. The van der Waals surface area contributed by atoms with Crippen LogP contribution in [0.4, 0.5) is 0 Å². The quantitative estimate of drug-likeness (QED) is 0.845. The zero-order chi connectivity index (χ0) is 16.9. The van der Waals surface area contributed by atoms with E-state index in [1.54, 1.807) is 25.3 Å². The van der Waals surface area contributed by atoms with Crippen LogP contribution in [0, 0.1) is 11.8 Å². The normalized spacial score (nSPS) is 18.8. The highest BCUT2D eigenvalue weighted by Gasteiger charge is 2.32. The molecule has 126 valence electrons. The second kappa shape index (κ2) is 7.39. The number of methoxy groups -OCH3 is 1. The summed E-state index contributed by atoms with van der Waals surface area (Å²) in [5, 5.41) is 2.98. The van der Waals surface area contributed by atoms with Crippen molar-refractivity contribution >= 4 is 5.91 Å². The molecule has 0 bridgehead atoms. The molecule has 1 fully saturated rings. The summed E-state index contributed by atoms with van der Waals surface area (Å²) in [5.41, 5.74) is 1.67. The third-order valence-corrected chi connectivity index (χ3v) is 4.46. The molecule has 0 aliphatic heterocycles. The van der Waals surface area contributed by atoms with E-state index >= 15 is 0 Å². The molecule has 1 aliphatic rings. The number of nitrogens with one attached hydrogen (secondary N) is 1. The number of ether oxygens (including phenoxy) is 2. The largest absolute Gasteiger partial charge is 0.493 e. The van der Waals surface area contributed by atoms with Crippen molar-refractivity contribution < 1.29 is 14.3 Å². The van der Waals surface area contributed by atoms with E-state index < -0.39 is 0 Å². The van der Waals surface area contributed by atoms with Crippen LogP contribution in [-0.2, 0) is 6.61 Å². The maximum absolute atomic E-state index is 12.2. The first kappa shape index (κ1) is 16.4. The Bertz CT molecular complexity index is 699. The number of amides is 1. The molecular formula is C20H23NO3. The summed E-state index contributed by atoms with van der Waals surface area (Å²) in [4.78, 5) is 12.2. The minimum Gasteiger partial charge on any atom is -0.493 e. The Hall–Kier alpha value is -2.49. The van der Waals surface area contributed by atoms with Gasteiger partial charge in [0.25, 0.3) is 5.91 Å². The fourth-order valence-electron chi connectivity index (χ4n) is 2.67. The van der Waals surface area contributed by atoms with Crippen molar-refractivity contribution in [3.05, 3.63) is 59.7 Å². The van der Waals surface area contributed by atoms with E-state index in [9.17, 15) is 4.79 Å². The van der Waals surface area contributed by atoms with Gasteiger partial charge in [0, 0.05) is 12.1 Å². The van der Waals surface area contributed by atoms with E-state index in [0.717, 1.165) is 18.0 Å². The number of hydrogen-bond donors (Lipinski definition) is 1. The molecule has 1 saturated carbocycles. The van der Waals surface area contributed by atoms with Gasteiger partial charge < -0.3 is 14.8 Å². The Balaban J connectivity index is 1.62. The van der Waals surface area contributed by atoms with Crippen LogP contribution >= 0.6 is 0 Å². The maximum Gasteiger partial charge on any atom is 0.251 e. The van der Waals surface area contributed by atoms with E-state index in [4.69, 9.17) is 9.47 Å². The van der Waals surface area contributed by atoms with Crippen molar-refractivity contribution in [1.82, 2.24) is 5.32 Å². The predicted molar refractivity (Wildman–Crippen MR) is 93.4 cm³/mol. The molecule has 24 heavy (non-hydrogen) atoms. The number of carbonyl (C=O) groups is 1. The minimum absolute atomic E-state index is 0.0676. The lowest BCUT2D eigenvalue weighted by Crippen LogP contribution is -2.25. The highest BCUT2D eigenvalue weighted by molar-refractivity contribution is 5.94. The van der Waals surface area contributed by atoms with Gasteiger partial charge in [0.1, 0.15) is 6.61 Å². The van der Waals surface area contributed by atoms with Gasteiger partial charge in [-0.1, -0.05) is 37.3 Å². The maximum atomic E-state index is 12.2. The predicted octanol–water partition coefficient (Wildman–Crippen LogP) is 3.66. The number of rotatable bonds is 7. The summed E-state index contributed by atoms with van der Waals surface area (Å²) < 4.78 is 11.2. The van der Waals surface area contributed by atoms with Gasteiger partial charge in [0.15, 0.2) is 11.5 Å². The highest BCUT2D eigenvalue weighted by Crippen LogP contribution is 2.36. The third-order valence-electron chi connectivity index (χ3n) is 4.46. The van der Waals surface area contributed by atoms with E-state index in [1.165, 1.54) is 6.42 Å². The van der Waals surface area contributed by atoms with Crippen LogP contribution in [0.1, 0.15) is 29.3 Å². The van der Waals surface area contributed by atoms with E-state index in [2.05, 4.69) is 12.2 Å². The standard InChI is InChI=1S/C20H23NO3/c1-14-10-17(14)12-21-20(22)16-8-9-18(19(11-16)23-2)24-13-15-6-4-3-5-7-15/h3-9,11,14,17H,10,12-13H2,1-2H3,(H,21,22)/t14-,17+/m1/s1. The highest BCUT2D eigenvalue weighted by atomic mass is 16.5. The van der Waals surface area contributed by atoms with Gasteiger partial charge in [-0.25, -0.2) is 0 Å². The number of benzene rings is 2. The lowest BCUT2D eigenvalue weighted by atomic mass is 10.2. The zero-order valence-electron chi connectivity index (χ0n) is 14.1. The van der Waals surface area contributed by atoms with Gasteiger partial charge in [0.2, 0.25) is 0 Å². The summed E-state index contributed by atoms with van der Waals surface area (Å²) >= 11 is 0. The van der Waals surface area contributed by atoms with Crippen molar-refractivity contribution in [3.63, 3.8) is 0 Å². The van der Waals surface area contributed by atoms with Gasteiger partial charge in [-0.15, -0.1) is 0 Å². The average molecular weight is 325 g/mol. The molecule has 0 radical (unpaired) electrons. The van der Waals surface area contributed by atoms with Crippen LogP contribution in [0.25, 0.3) is 0 Å². The summed E-state index contributed by atoms with van der Waals surface area (Å²) in [6.45, 7) is 3.41. The van der Waals surface area contributed by atoms with Crippen molar-refractivity contribution in [3.8, 4) is 11.5 Å². The second-order valence-electron chi connectivity index (χ2n) is 6.32. The van der Waals surface area contributed by atoms with Crippen molar-refractivity contribution in [1.29, 1.82) is 0 Å². The Morgan fingerprint density at radius 3 is 2.58 bits per heavy atom. The molecule has 2 atom stereocenters. The van der Waals surface area contributed by atoms with E-state index in [0.29, 0.717) is 29.6 Å². The smallest absolute Gasteiger partial charge is 0.251 e. The zero-order valence-corrected chi connectivity index (χ0v) is 14.1. The van der Waals surface area contributed by atoms with Crippen molar-refractivity contribution in [2.24, 2.45) is 11.8 Å². The van der Waals surface area contributed by atoms with Gasteiger partial charge >= 0.3 is 0 Å². The molecule has 0 aromatic heterocycles. The summed E-state index contributed by atoms with van der Waals surface area (Å²) in [6.07, 6.45) is 1.20. The minimum atomic E-state index is -0.0676. The summed E-state index contributed by atoms with van der Waals surface area (Å²) in [5.74, 6) is 2.49. The molecule has 4 heteroatoms. The van der Waals surface area contributed by atoms with Gasteiger partial charge in [-0.05, 0) is 42.0 Å². The topological polar surface area (TPSA) is 47.6 Å². The van der Waals surface area contributed by atoms with E-state index in [1.807, 2.05) is 30.3 Å². The fourth-order valence-corrected chi connectivity index (χ4v) is 2.67. The lowest BCUT2D eigenvalue weighted by molar-refractivity contribution is 0.0951. The lowest BCUT2D eigenvalue weighted by Gasteiger charge is -2.12. The van der Waals surface area contributed by atoms with Crippen LogP contribution in [0.15, 0.2) is 48.5 Å². The van der Waals surface area contributed by atoms with Gasteiger partial charge in [-0.2, -0.15) is 0 Å². The molecule has 1 amide bonds. The van der Waals surface area contributed by atoms with Crippen LogP contribution in [0.3, 0.4) is 0 Å². The first-order valence-electron chi connectivity index (χ1n) is 8.30. The molecule has 4 nitrogen and oxygen atoms in total. The third kappa shape index (κ3) is 4.07. The van der Waals surface area contributed by atoms with Crippen molar-refractivity contribution in [2.75, 3.05) is 13.7 Å². The van der Waals surface area contributed by atoms with Crippen LogP contribution in [0.2, 0.25) is 0 Å². The van der Waals surface area contributed by atoms with Crippen LogP contribution in [0.5, 0.6) is 11.5 Å². The molecule has 1 aliphatic carbocycles. The first-order chi connectivity index (χ1) is 11.7. The Morgan fingerprint density at radius 1 is 1.17 bits per heavy atom. The monoisotopic (exact) mass is 325 g/mol. The molecule has 0 saturated heterocycles. The molecule has 2 aromatic rings. The molecular weight excluding hydrogens is 302 g/mol. The second-order valence-corrected chi connectivity index (χ2v) is 6.32. The summed E-state index contributed by atoms with van der Waals surface area (Å²) in [6, 6.07) is 15.2. The van der Waals surface area contributed by atoms with E-state index in [-0.39, 0.29) is 5.91 Å². The first-order valence-corrected chi connectivity index (χ1v) is 8.30. The molecule has 2 aromatic carbocycles. The summed E-state index contributed by atoms with van der Waals surface area (Å²) in [7, 11) is 1.58. The molecule has 3 rings (SSSR count). The SMILES string of the molecule is COc1cc(C(=O)NC[C@@H]2C[C@H]2C)ccc1OCc1ccccc1. The molecule has 0 unspecified atom stereocenters. The Kier molecular flexibility index (Phi) is 5.04. The van der Waals surface area contributed by atoms with Gasteiger partial charge in [-0.3, -0.25) is 4.79 Å². The fraction of sp³-hybridized carbons (Fsp3) is 0.350. The molecule has 0 spiro atoms. The number of carbonyl (C=O) groups excluding carboxylic acids is 1. The van der Waals surface area contributed by atoms with Crippen molar-refractivity contribution in [2.45, 2.75) is 20.0 Å². The molecule has 0 heterocycles. The average Bonchev–Trinajstić information content (AvgIpc) is 3.34. The Morgan fingerprint density at radius 2 is 1.92 bits per heavy atom. The Labute approximate surface area is 142 Å². The van der Waals surface area contributed by atoms with Crippen LogP contribution in [-0.4, -0.2) is 19.6 Å². The van der Waals surface area contributed by atoms with Gasteiger partial charge in [0.05, 0.1) is 7.11 Å². The molecule has 1 N–H and O–H groups in total. The van der Waals surface area contributed by atoms with Crippen LogP contribution < -0.4 is 14.8 Å².